The van der Waals surface area contributed by atoms with Crippen LogP contribution in [0.15, 0.2) is 86.0 Å². The van der Waals surface area contributed by atoms with Gasteiger partial charge in [0, 0.05) is 23.2 Å². The van der Waals surface area contributed by atoms with Gasteiger partial charge in [-0.15, -0.1) is 13.2 Å². The average molecular weight is 662 g/mol. The molecule has 0 aliphatic carbocycles. The van der Waals surface area contributed by atoms with Crippen molar-refractivity contribution < 1.29 is 129 Å². The topological polar surface area (TPSA) is 120 Å². The van der Waals surface area contributed by atoms with E-state index in [2.05, 4.69) is 60.1 Å². The van der Waals surface area contributed by atoms with Crippen LogP contribution in [0.4, 0.5) is 11.4 Å². The summed E-state index contributed by atoms with van der Waals surface area (Å²) in [6.07, 6.45) is 8.23. The summed E-state index contributed by atoms with van der Waals surface area (Å²) in [5.74, 6) is 0. The van der Waals surface area contributed by atoms with Crippen molar-refractivity contribution in [2.24, 2.45) is 0 Å². The van der Waals surface area contributed by atoms with E-state index in [-0.39, 0.29) is 117 Å². The van der Waals surface area contributed by atoms with E-state index in [1.54, 1.807) is 6.08 Å². The zero-order valence-corrected chi connectivity index (χ0v) is 32.4. The normalized spacial score (nSPS) is 11.9. The predicted octanol–water partition coefficient (Wildman–Crippen LogP) is 0.0284. The predicted molar refractivity (Wildman–Crippen MR) is 159 cm³/mol. The number of epoxide rings is 1. The summed E-state index contributed by atoms with van der Waals surface area (Å²) in [5.41, 5.74) is 7.25. The average Bonchev–Trinajstić information content (AvgIpc) is 3.79. The number of anilines is 2. The first-order valence-electron chi connectivity index (χ1n) is 12.3. The number of aliphatic hydroxyl groups is 1. The molecule has 0 radical (unpaired) electrons. The maximum atomic E-state index is 9.45. The Morgan fingerprint density at radius 2 is 1.56 bits per heavy atom. The molecule has 2 unspecified atom stereocenters. The fourth-order valence-electron chi connectivity index (χ4n) is 1.98. The summed E-state index contributed by atoms with van der Waals surface area (Å²) in [5, 5.41) is 22.0. The number of ether oxygens (including phenoxy) is 1. The fraction of sp³-hybridized carbons (Fsp3) is 0.414. The van der Waals surface area contributed by atoms with Crippen LogP contribution < -0.4 is 119 Å². The molecule has 0 aromatic heterocycles. The van der Waals surface area contributed by atoms with Crippen molar-refractivity contribution in [1.29, 1.82) is 0 Å². The Bertz CT molecular complexity index is 716. The van der Waals surface area contributed by atoms with Gasteiger partial charge in [-0.2, -0.15) is 0 Å². The van der Waals surface area contributed by atoms with Gasteiger partial charge in [-0.1, -0.05) is 91.7 Å². The molecule has 10 heteroatoms. The molecular formula is C29H47BrK2N2O5. The van der Waals surface area contributed by atoms with E-state index in [1.807, 2.05) is 66.7 Å². The second-order valence-corrected chi connectivity index (χ2v) is 7.94. The molecule has 0 saturated carbocycles. The zero-order chi connectivity index (χ0) is 28.6. The van der Waals surface area contributed by atoms with Gasteiger partial charge in [0.25, 0.3) is 6.47 Å². The number of carbonyl (C=O) groups excluding carboxylic acids is 1. The van der Waals surface area contributed by atoms with E-state index in [0.29, 0.717) is 12.6 Å². The number of para-hydroxylation sites is 2. The number of nitrogens with two attached hydrogens (primary N) is 1. The fourth-order valence-corrected chi connectivity index (χ4v) is 1.98. The molecule has 1 saturated heterocycles. The number of alkyl halides is 1. The maximum Gasteiger partial charge on any atom is 1.00 e. The molecule has 0 spiro atoms. The molecule has 212 valence electrons. The SMILES string of the molecule is C=CCBr.C=CCC.CCC1CO1.CCCC(O)CNc1ccccc1.Nc1ccccc1.O=CO[O-].[H-].[K+].[K+]. The second-order valence-electron chi connectivity index (χ2n) is 7.30. The summed E-state index contributed by atoms with van der Waals surface area (Å²) >= 11 is 3.13. The molecule has 3 rings (SSSR count). The Balaban J connectivity index is -0.0000000923. The molecule has 1 heterocycles. The first-order chi connectivity index (χ1) is 17.9. The van der Waals surface area contributed by atoms with Crippen LogP contribution in [0.5, 0.6) is 0 Å². The van der Waals surface area contributed by atoms with Gasteiger partial charge in [0.1, 0.15) is 0 Å². The third-order valence-electron chi connectivity index (χ3n) is 4.03. The van der Waals surface area contributed by atoms with Crippen LogP contribution in [0.1, 0.15) is 47.9 Å². The molecule has 7 nitrogen and oxygen atoms in total. The van der Waals surface area contributed by atoms with E-state index in [1.165, 1.54) is 6.42 Å². The van der Waals surface area contributed by atoms with Gasteiger partial charge in [-0.25, -0.2) is 0 Å². The zero-order valence-electron chi connectivity index (χ0n) is 25.6. The Labute approximate surface area is 331 Å². The monoisotopic (exact) mass is 660 g/mol. The van der Waals surface area contributed by atoms with Crippen molar-refractivity contribution in [1.82, 2.24) is 0 Å². The Morgan fingerprint density at radius 1 is 1.13 bits per heavy atom. The third-order valence-corrected chi connectivity index (χ3v) is 4.49. The molecule has 1 aliphatic rings. The molecule has 2 atom stereocenters. The molecule has 2 aromatic rings. The van der Waals surface area contributed by atoms with Crippen LogP contribution in [0.2, 0.25) is 0 Å². The molecule has 4 N–H and O–H groups in total. The van der Waals surface area contributed by atoms with Crippen molar-refractivity contribution in [2.75, 3.05) is 29.5 Å². The van der Waals surface area contributed by atoms with Gasteiger partial charge in [0.05, 0.1) is 18.8 Å². The summed E-state index contributed by atoms with van der Waals surface area (Å²) in [6.45, 7) is 14.7. The maximum absolute atomic E-state index is 9.45. The van der Waals surface area contributed by atoms with Crippen LogP contribution in [0.3, 0.4) is 0 Å². The van der Waals surface area contributed by atoms with E-state index in [0.717, 1.165) is 42.6 Å². The number of nitrogens with one attached hydrogen (secondary N) is 1. The first-order valence-corrected chi connectivity index (χ1v) is 13.4. The number of carbonyl (C=O) groups is 1. The summed E-state index contributed by atoms with van der Waals surface area (Å²) in [7, 11) is 0. The van der Waals surface area contributed by atoms with Gasteiger partial charge in [-0.3, -0.25) is 4.79 Å². The third kappa shape index (κ3) is 48.7. The van der Waals surface area contributed by atoms with E-state index < -0.39 is 0 Å². The van der Waals surface area contributed by atoms with Crippen molar-refractivity contribution >= 4 is 33.8 Å². The van der Waals surface area contributed by atoms with Crippen LogP contribution in [0, 0.1) is 0 Å². The molecule has 1 aliphatic heterocycles. The number of allylic oxidation sites excluding steroid dienone is 2. The Hall–Kier alpha value is 0.623. The molecule has 2 aromatic carbocycles. The quantitative estimate of drug-likeness (QED) is 0.0507. The van der Waals surface area contributed by atoms with Crippen molar-refractivity contribution in [3.8, 4) is 0 Å². The van der Waals surface area contributed by atoms with Crippen molar-refractivity contribution in [3.63, 3.8) is 0 Å². The van der Waals surface area contributed by atoms with Gasteiger partial charge < -0.3 is 32.5 Å². The minimum absolute atomic E-state index is 0. The number of rotatable bonds is 9. The van der Waals surface area contributed by atoms with E-state index in [9.17, 15) is 5.11 Å². The Kier molecular flexibility index (Phi) is 54.5. The van der Waals surface area contributed by atoms with Gasteiger partial charge >= 0.3 is 103 Å². The van der Waals surface area contributed by atoms with E-state index in [4.69, 9.17) is 20.5 Å². The minimum atomic E-state index is -0.231. The second kappa shape index (κ2) is 43.1. The largest absolute Gasteiger partial charge is 1.00 e. The van der Waals surface area contributed by atoms with Gasteiger partial charge in [0.15, 0.2) is 0 Å². The Morgan fingerprint density at radius 3 is 1.79 bits per heavy atom. The molecule has 0 amide bonds. The molecule has 0 bridgehead atoms. The number of aliphatic hydroxyl groups excluding tert-OH is 1. The minimum Gasteiger partial charge on any atom is -1.00 e. The van der Waals surface area contributed by atoms with Gasteiger partial charge in [0.2, 0.25) is 0 Å². The van der Waals surface area contributed by atoms with Crippen LogP contribution in [-0.4, -0.2) is 42.3 Å². The molecular weight excluding hydrogens is 614 g/mol. The molecule has 39 heavy (non-hydrogen) atoms. The van der Waals surface area contributed by atoms with Crippen LogP contribution in [-0.2, 0) is 14.4 Å². The first kappa shape index (κ1) is 49.3. The number of nitrogen functional groups attached to an aromatic ring is 1. The van der Waals surface area contributed by atoms with Crippen molar-refractivity contribution in [2.45, 2.75) is 58.7 Å². The number of hydrogen-bond donors (Lipinski definition) is 3. The van der Waals surface area contributed by atoms with Gasteiger partial charge in [-0.05, 0) is 43.5 Å². The smallest absolute Gasteiger partial charge is 1.00 e. The molecule has 1 fully saturated rings. The van der Waals surface area contributed by atoms with Crippen LogP contribution in [0.25, 0.3) is 0 Å². The number of halogens is 1. The van der Waals surface area contributed by atoms with E-state index >= 15 is 0 Å². The van der Waals surface area contributed by atoms with Crippen molar-refractivity contribution in [3.05, 3.63) is 86.0 Å². The summed E-state index contributed by atoms with van der Waals surface area (Å²) in [6, 6.07) is 19.4. The van der Waals surface area contributed by atoms with Crippen LogP contribution >= 0.6 is 15.9 Å². The number of benzene rings is 2. The summed E-state index contributed by atoms with van der Waals surface area (Å²) in [4.78, 5) is 11.2. The standard InChI is InChI=1S/C11H17NO.C6H7N.C4H8O.C4H8.C3H5Br.CH2O3.2K.H/c1-2-6-11(13)9-12-10-7-4-3-5-8-10;7-6-4-2-1-3-5-6;1-2-4-3-5-4;1-3-4-2;1-2-3-4;2-1-4-3;;;/h3-5,7-8,11-13H,2,6,9H2,1H3;1-5H,7H2;4H,2-3H2,1H3;3H,1,4H2,2H3;2H,1,3H2;1,3H;;;/q;;;;;;2*+1;-1/p-1. The summed E-state index contributed by atoms with van der Waals surface area (Å²) < 4.78 is 4.86. The number of hydrogen-bond acceptors (Lipinski definition) is 7.